The number of aryl methyl sites for hydroxylation is 2. The van der Waals surface area contributed by atoms with Crippen molar-refractivity contribution in [2.45, 2.75) is 52.1 Å². The predicted octanol–water partition coefficient (Wildman–Crippen LogP) is 4.00. The molecule has 5 rings (SSSR count). The monoisotopic (exact) mass is 506 g/mol. The lowest BCUT2D eigenvalue weighted by Gasteiger charge is -2.14. The number of benzene rings is 1. The summed E-state index contributed by atoms with van der Waals surface area (Å²) < 4.78 is 11.3. The van der Waals surface area contributed by atoms with Gasteiger partial charge in [0.15, 0.2) is 5.82 Å². The number of nitrogens with zero attached hydrogens (tertiary/aromatic N) is 5. The highest BCUT2D eigenvalue weighted by atomic mass is 32.1. The molecule has 10 heteroatoms. The van der Waals surface area contributed by atoms with Crippen molar-refractivity contribution in [2.24, 2.45) is 0 Å². The van der Waals surface area contributed by atoms with Crippen LogP contribution >= 0.6 is 11.3 Å². The highest BCUT2D eigenvalue weighted by Gasteiger charge is 2.28. The molecule has 2 N–H and O–H groups in total. The second-order valence-electron chi connectivity index (χ2n) is 9.20. The summed E-state index contributed by atoms with van der Waals surface area (Å²) >= 11 is 1.67. The standard InChI is InChI=1S/C26H30N6O3S/c1-14-21(11-22-30-31-26(36-22)17-8-9-17)28-25(29-24(14)23-15(2)32-35-16(23)3)18-6-5-7-20(10-18)34-13-19(33)12-27-4/h5-7,10,17,19,27,33H,8-9,11-13H2,1-4H3. The molecule has 1 atom stereocenters. The van der Waals surface area contributed by atoms with E-state index in [9.17, 15) is 5.11 Å². The zero-order valence-corrected chi connectivity index (χ0v) is 21.7. The van der Waals surface area contributed by atoms with Crippen molar-refractivity contribution in [2.75, 3.05) is 20.2 Å². The van der Waals surface area contributed by atoms with Crippen molar-refractivity contribution in [1.29, 1.82) is 0 Å². The van der Waals surface area contributed by atoms with Gasteiger partial charge < -0.3 is 19.7 Å². The van der Waals surface area contributed by atoms with E-state index in [-0.39, 0.29) is 6.61 Å². The molecule has 1 aliphatic rings. The van der Waals surface area contributed by atoms with Crippen LogP contribution < -0.4 is 10.1 Å². The van der Waals surface area contributed by atoms with Crippen LogP contribution in [0.3, 0.4) is 0 Å². The van der Waals surface area contributed by atoms with E-state index in [0.29, 0.717) is 36.2 Å². The smallest absolute Gasteiger partial charge is 0.160 e. The average Bonchev–Trinajstić information content (AvgIpc) is 3.53. The molecule has 0 bridgehead atoms. The first-order valence-corrected chi connectivity index (χ1v) is 12.9. The van der Waals surface area contributed by atoms with Gasteiger partial charge in [-0.05, 0) is 58.4 Å². The van der Waals surface area contributed by atoms with Crippen LogP contribution in [-0.2, 0) is 6.42 Å². The minimum Gasteiger partial charge on any atom is -0.491 e. The molecule has 3 heterocycles. The van der Waals surface area contributed by atoms with Gasteiger partial charge in [0.25, 0.3) is 0 Å². The third-order valence-corrected chi connectivity index (χ3v) is 7.30. The van der Waals surface area contributed by atoms with Gasteiger partial charge in [-0.3, -0.25) is 0 Å². The van der Waals surface area contributed by atoms with E-state index in [1.54, 1.807) is 18.4 Å². The van der Waals surface area contributed by atoms with Gasteiger partial charge in [-0.15, -0.1) is 21.5 Å². The van der Waals surface area contributed by atoms with E-state index in [4.69, 9.17) is 19.2 Å². The van der Waals surface area contributed by atoms with Gasteiger partial charge in [0.1, 0.15) is 34.2 Å². The first kappa shape index (κ1) is 24.5. The Bertz CT molecular complexity index is 1340. The summed E-state index contributed by atoms with van der Waals surface area (Å²) in [6, 6.07) is 7.62. The maximum atomic E-state index is 10.0. The lowest BCUT2D eigenvalue weighted by molar-refractivity contribution is 0.108. The Morgan fingerprint density at radius 1 is 1.19 bits per heavy atom. The molecule has 1 aliphatic carbocycles. The van der Waals surface area contributed by atoms with Crippen molar-refractivity contribution >= 4 is 11.3 Å². The minimum absolute atomic E-state index is 0.189. The molecule has 0 radical (unpaired) electrons. The number of aromatic nitrogens is 5. The Hall–Kier alpha value is -3.21. The molecule has 36 heavy (non-hydrogen) atoms. The first-order chi connectivity index (χ1) is 17.4. The number of aliphatic hydroxyl groups excluding tert-OH is 1. The van der Waals surface area contributed by atoms with Crippen molar-refractivity contribution in [3.63, 3.8) is 0 Å². The normalized spacial score (nSPS) is 14.2. The van der Waals surface area contributed by atoms with E-state index in [1.165, 1.54) is 12.8 Å². The number of likely N-dealkylation sites (N-methyl/N-ethyl adjacent to an activating group) is 1. The first-order valence-electron chi connectivity index (χ1n) is 12.1. The molecule has 0 aliphatic heterocycles. The van der Waals surface area contributed by atoms with Crippen LogP contribution in [0.4, 0.5) is 0 Å². The van der Waals surface area contributed by atoms with E-state index in [0.717, 1.165) is 43.8 Å². The summed E-state index contributed by atoms with van der Waals surface area (Å²) in [5, 5.41) is 28.0. The van der Waals surface area contributed by atoms with Crippen molar-refractivity contribution in [1.82, 2.24) is 30.6 Å². The third-order valence-electron chi connectivity index (χ3n) is 6.22. The summed E-state index contributed by atoms with van der Waals surface area (Å²) in [7, 11) is 1.79. The number of rotatable bonds is 10. The molecule has 1 unspecified atom stereocenters. The van der Waals surface area contributed by atoms with Gasteiger partial charge in [0.05, 0.1) is 22.6 Å². The topological polar surface area (TPSA) is 119 Å². The van der Waals surface area contributed by atoms with E-state index in [2.05, 4.69) is 20.7 Å². The van der Waals surface area contributed by atoms with Crippen LogP contribution in [-0.4, -0.2) is 56.7 Å². The Kier molecular flexibility index (Phi) is 7.08. The van der Waals surface area contributed by atoms with Crippen LogP contribution in [0, 0.1) is 20.8 Å². The lowest BCUT2D eigenvalue weighted by Crippen LogP contribution is -2.29. The van der Waals surface area contributed by atoms with Crippen LogP contribution in [0.15, 0.2) is 28.8 Å². The van der Waals surface area contributed by atoms with Crippen molar-refractivity contribution in [3.8, 4) is 28.4 Å². The fraction of sp³-hybridized carbons (Fsp3) is 0.423. The van der Waals surface area contributed by atoms with Crippen molar-refractivity contribution in [3.05, 3.63) is 57.0 Å². The molecule has 1 saturated carbocycles. The summed E-state index contributed by atoms with van der Waals surface area (Å²) in [4.78, 5) is 9.92. The molecule has 0 amide bonds. The zero-order valence-electron chi connectivity index (χ0n) is 20.9. The third kappa shape index (κ3) is 5.30. The Balaban J connectivity index is 1.52. The highest BCUT2D eigenvalue weighted by molar-refractivity contribution is 7.11. The summed E-state index contributed by atoms with van der Waals surface area (Å²) in [5.74, 6) is 2.52. The summed E-state index contributed by atoms with van der Waals surface area (Å²) in [6.07, 6.45) is 2.38. The van der Waals surface area contributed by atoms with Crippen LogP contribution in [0.1, 0.15) is 51.5 Å². The summed E-state index contributed by atoms with van der Waals surface area (Å²) in [5.41, 5.74) is 5.16. The number of ether oxygens (including phenoxy) is 1. The van der Waals surface area contributed by atoms with Gasteiger partial charge in [-0.2, -0.15) is 0 Å². The SMILES string of the molecule is CNCC(O)COc1cccc(-c2nc(Cc3nnc(C4CC4)s3)c(C)c(-c3c(C)noc3C)n2)c1. The fourth-order valence-corrected chi connectivity index (χ4v) is 5.13. The summed E-state index contributed by atoms with van der Waals surface area (Å²) in [6.45, 7) is 6.50. The Morgan fingerprint density at radius 3 is 2.75 bits per heavy atom. The molecule has 188 valence electrons. The molecular weight excluding hydrogens is 476 g/mol. The van der Waals surface area contributed by atoms with Gasteiger partial charge in [-0.1, -0.05) is 17.3 Å². The van der Waals surface area contributed by atoms with E-state index >= 15 is 0 Å². The molecular formula is C26H30N6O3S. The maximum absolute atomic E-state index is 10.0. The van der Waals surface area contributed by atoms with Crippen LogP contribution in [0.2, 0.25) is 0 Å². The second kappa shape index (κ2) is 10.4. The Morgan fingerprint density at radius 2 is 2.03 bits per heavy atom. The molecule has 3 aromatic heterocycles. The average molecular weight is 507 g/mol. The predicted molar refractivity (Wildman–Crippen MR) is 137 cm³/mol. The maximum Gasteiger partial charge on any atom is 0.160 e. The van der Waals surface area contributed by atoms with Crippen LogP contribution in [0.25, 0.3) is 22.6 Å². The second-order valence-corrected chi connectivity index (χ2v) is 10.3. The molecule has 1 fully saturated rings. The molecule has 9 nitrogen and oxygen atoms in total. The van der Waals surface area contributed by atoms with Gasteiger partial charge in [0, 0.05) is 24.4 Å². The number of hydrogen-bond donors (Lipinski definition) is 2. The minimum atomic E-state index is -0.598. The highest BCUT2D eigenvalue weighted by Crippen LogP contribution is 2.41. The number of aliphatic hydroxyl groups is 1. The lowest BCUT2D eigenvalue weighted by atomic mass is 10.0. The quantitative estimate of drug-likeness (QED) is 0.329. The van der Waals surface area contributed by atoms with Gasteiger partial charge in [0.2, 0.25) is 0 Å². The molecule has 0 saturated heterocycles. The molecule has 1 aromatic carbocycles. The number of hydrogen-bond acceptors (Lipinski definition) is 10. The molecule has 4 aromatic rings. The Labute approximate surface area is 214 Å². The van der Waals surface area contributed by atoms with Crippen LogP contribution in [0.5, 0.6) is 5.75 Å². The van der Waals surface area contributed by atoms with Crippen molar-refractivity contribution < 1.29 is 14.4 Å². The van der Waals surface area contributed by atoms with Gasteiger partial charge in [-0.25, -0.2) is 9.97 Å². The fourth-order valence-electron chi connectivity index (χ4n) is 4.12. The van der Waals surface area contributed by atoms with E-state index < -0.39 is 6.10 Å². The molecule has 0 spiro atoms. The number of nitrogens with one attached hydrogen (secondary N) is 1. The zero-order chi connectivity index (χ0) is 25.2. The largest absolute Gasteiger partial charge is 0.491 e. The van der Waals surface area contributed by atoms with Gasteiger partial charge >= 0.3 is 0 Å². The van der Waals surface area contributed by atoms with E-state index in [1.807, 2.05) is 45.0 Å².